The molecule has 1 amide bonds. The summed E-state index contributed by atoms with van der Waals surface area (Å²) in [5, 5.41) is 19.3. The summed E-state index contributed by atoms with van der Waals surface area (Å²) in [6.45, 7) is 0. The Balaban J connectivity index is 1.40. The maximum Gasteiger partial charge on any atom is 0.234 e. The maximum atomic E-state index is 12.1. The van der Waals surface area contributed by atoms with Crippen LogP contribution in [0, 0.1) is 17.2 Å². The van der Waals surface area contributed by atoms with Gasteiger partial charge in [0.1, 0.15) is 5.82 Å². The summed E-state index contributed by atoms with van der Waals surface area (Å²) in [5.41, 5.74) is 1.66. The average Bonchev–Trinajstić information content (AvgIpc) is 3.32. The van der Waals surface area contributed by atoms with Crippen LogP contribution in [-0.4, -0.2) is 26.8 Å². The Morgan fingerprint density at radius 1 is 1.31 bits per heavy atom. The van der Waals surface area contributed by atoms with Gasteiger partial charge >= 0.3 is 0 Å². The van der Waals surface area contributed by atoms with Crippen molar-refractivity contribution in [2.24, 2.45) is 5.92 Å². The van der Waals surface area contributed by atoms with Crippen LogP contribution in [0.4, 0.5) is 5.69 Å². The van der Waals surface area contributed by atoms with E-state index in [-0.39, 0.29) is 11.7 Å². The zero-order valence-corrected chi connectivity index (χ0v) is 15.5. The molecule has 0 unspecified atom stereocenters. The third-order valence-corrected chi connectivity index (χ3v) is 5.48. The Labute approximate surface area is 157 Å². The van der Waals surface area contributed by atoms with Crippen LogP contribution in [0.25, 0.3) is 0 Å². The van der Waals surface area contributed by atoms with E-state index in [4.69, 9.17) is 5.26 Å². The number of thioether (sulfide) groups is 1. The summed E-state index contributed by atoms with van der Waals surface area (Å²) in [5.74, 6) is 1.91. The first kappa shape index (κ1) is 18.5. The number of nitrogens with one attached hydrogen (secondary N) is 2. The van der Waals surface area contributed by atoms with Crippen molar-refractivity contribution in [1.82, 2.24) is 15.2 Å². The highest BCUT2D eigenvalue weighted by Gasteiger charge is 2.16. The first-order valence-corrected chi connectivity index (χ1v) is 10.0. The standard InChI is InChI=1S/C19H23N5OS/c20-12-11-15-5-8-16(9-6-15)21-18(25)13-26-19-22-17(23-24-19)10-7-14-3-1-2-4-14/h5-6,8-9,14H,1-4,7,10-11,13H2,(H,21,25)(H,22,23,24). The first-order valence-electron chi connectivity index (χ1n) is 9.03. The Morgan fingerprint density at radius 2 is 2.08 bits per heavy atom. The number of amides is 1. The van der Waals surface area contributed by atoms with Crippen LogP contribution in [0.15, 0.2) is 29.4 Å². The number of anilines is 1. The van der Waals surface area contributed by atoms with Gasteiger partial charge in [-0.1, -0.05) is 49.6 Å². The second-order valence-corrected chi connectivity index (χ2v) is 7.57. The van der Waals surface area contributed by atoms with E-state index < -0.39 is 0 Å². The summed E-state index contributed by atoms with van der Waals surface area (Å²) in [6, 6.07) is 9.41. The Morgan fingerprint density at radius 3 is 2.81 bits per heavy atom. The van der Waals surface area contributed by atoms with Crippen molar-refractivity contribution in [1.29, 1.82) is 5.26 Å². The molecule has 2 N–H and O–H groups in total. The fraction of sp³-hybridized carbons (Fsp3) is 0.474. The topological polar surface area (TPSA) is 94.5 Å². The lowest BCUT2D eigenvalue weighted by Crippen LogP contribution is -2.14. The summed E-state index contributed by atoms with van der Waals surface area (Å²) in [7, 11) is 0. The average molecular weight is 369 g/mol. The lowest BCUT2D eigenvalue weighted by molar-refractivity contribution is -0.113. The monoisotopic (exact) mass is 369 g/mol. The molecular formula is C19H23N5OS. The highest BCUT2D eigenvalue weighted by molar-refractivity contribution is 7.99. The molecule has 1 fully saturated rings. The molecule has 0 aliphatic heterocycles. The predicted molar refractivity (Wildman–Crippen MR) is 102 cm³/mol. The highest BCUT2D eigenvalue weighted by atomic mass is 32.2. The Kier molecular flexibility index (Phi) is 6.67. The van der Waals surface area contributed by atoms with Gasteiger partial charge in [0.05, 0.1) is 18.2 Å². The largest absolute Gasteiger partial charge is 0.325 e. The summed E-state index contributed by atoms with van der Waals surface area (Å²) >= 11 is 1.33. The van der Waals surface area contributed by atoms with E-state index in [2.05, 4.69) is 26.6 Å². The number of aromatic nitrogens is 3. The van der Waals surface area contributed by atoms with E-state index in [9.17, 15) is 4.79 Å². The van der Waals surface area contributed by atoms with Crippen molar-refractivity contribution in [3.05, 3.63) is 35.7 Å². The fourth-order valence-electron chi connectivity index (χ4n) is 3.22. The minimum atomic E-state index is -0.0969. The smallest absolute Gasteiger partial charge is 0.234 e. The van der Waals surface area contributed by atoms with E-state index >= 15 is 0 Å². The van der Waals surface area contributed by atoms with Gasteiger partial charge in [-0.2, -0.15) is 5.26 Å². The van der Waals surface area contributed by atoms with Crippen LogP contribution < -0.4 is 5.32 Å². The molecule has 6 nitrogen and oxygen atoms in total. The van der Waals surface area contributed by atoms with Crippen LogP contribution in [-0.2, 0) is 17.6 Å². The van der Waals surface area contributed by atoms with E-state index in [0.29, 0.717) is 11.6 Å². The van der Waals surface area contributed by atoms with Crippen LogP contribution in [0.3, 0.4) is 0 Å². The number of H-pyrrole nitrogens is 1. The van der Waals surface area contributed by atoms with E-state index in [1.165, 1.54) is 43.9 Å². The second-order valence-electron chi connectivity index (χ2n) is 6.62. The third-order valence-electron chi connectivity index (χ3n) is 4.63. The molecular weight excluding hydrogens is 346 g/mol. The second kappa shape index (κ2) is 9.39. The zero-order chi connectivity index (χ0) is 18.2. The van der Waals surface area contributed by atoms with Crippen molar-refractivity contribution in [3.63, 3.8) is 0 Å². The van der Waals surface area contributed by atoms with Crippen molar-refractivity contribution < 1.29 is 4.79 Å². The fourth-order valence-corrected chi connectivity index (χ4v) is 3.84. The van der Waals surface area contributed by atoms with Gasteiger partial charge in [-0.15, -0.1) is 5.10 Å². The molecule has 0 saturated heterocycles. The summed E-state index contributed by atoms with van der Waals surface area (Å²) in [4.78, 5) is 16.5. The number of aromatic amines is 1. The van der Waals surface area contributed by atoms with E-state index in [1.54, 1.807) is 0 Å². The molecule has 7 heteroatoms. The normalized spacial score (nSPS) is 14.3. The number of benzene rings is 1. The molecule has 1 aliphatic rings. The van der Waals surface area contributed by atoms with Crippen molar-refractivity contribution in [2.75, 3.05) is 11.1 Å². The number of hydrogen-bond donors (Lipinski definition) is 2. The molecule has 1 saturated carbocycles. The quantitative estimate of drug-likeness (QED) is 0.692. The summed E-state index contributed by atoms with van der Waals surface area (Å²) < 4.78 is 0. The Hall–Kier alpha value is -2.33. The number of nitriles is 1. The van der Waals surface area contributed by atoms with Crippen molar-refractivity contribution in [2.45, 2.75) is 50.1 Å². The van der Waals surface area contributed by atoms with Gasteiger partial charge < -0.3 is 5.32 Å². The maximum absolute atomic E-state index is 12.1. The molecule has 0 bridgehead atoms. The number of hydrogen-bond acceptors (Lipinski definition) is 5. The van der Waals surface area contributed by atoms with Crippen LogP contribution >= 0.6 is 11.8 Å². The lowest BCUT2D eigenvalue weighted by Gasteiger charge is -2.05. The molecule has 1 aliphatic carbocycles. The molecule has 1 aromatic heterocycles. The molecule has 0 atom stereocenters. The molecule has 1 heterocycles. The lowest BCUT2D eigenvalue weighted by atomic mass is 10.0. The van der Waals surface area contributed by atoms with Gasteiger partial charge in [0.15, 0.2) is 0 Å². The minimum Gasteiger partial charge on any atom is -0.325 e. The van der Waals surface area contributed by atoms with Gasteiger partial charge in [-0.3, -0.25) is 9.89 Å². The predicted octanol–water partition coefficient (Wildman–Crippen LogP) is 3.72. The van der Waals surface area contributed by atoms with Gasteiger partial charge in [-0.25, -0.2) is 4.98 Å². The van der Waals surface area contributed by atoms with Crippen LogP contribution in [0.5, 0.6) is 0 Å². The SMILES string of the molecule is N#CCc1ccc(NC(=O)CSc2n[nH]c(CCC3CCCC3)n2)cc1. The van der Waals surface area contributed by atoms with Gasteiger partial charge in [0, 0.05) is 12.1 Å². The third kappa shape index (κ3) is 5.60. The van der Waals surface area contributed by atoms with Gasteiger partial charge in [0.25, 0.3) is 0 Å². The van der Waals surface area contributed by atoms with Gasteiger partial charge in [0.2, 0.25) is 11.1 Å². The molecule has 0 spiro atoms. The first-order chi connectivity index (χ1) is 12.7. The van der Waals surface area contributed by atoms with Crippen LogP contribution in [0.2, 0.25) is 0 Å². The Bertz CT molecular complexity index is 759. The van der Waals surface area contributed by atoms with Crippen LogP contribution in [0.1, 0.15) is 43.5 Å². The molecule has 2 aromatic rings. The summed E-state index contributed by atoms with van der Waals surface area (Å²) in [6.07, 6.45) is 7.87. The van der Waals surface area contributed by atoms with Crippen molar-refractivity contribution in [3.8, 4) is 6.07 Å². The van der Waals surface area contributed by atoms with E-state index in [0.717, 1.165) is 29.4 Å². The number of carbonyl (C=O) groups excluding carboxylic acids is 1. The molecule has 3 rings (SSSR count). The number of rotatable bonds is 8. The van der Waals surface area contributed by atoms with E-state index in [1.807, 2.05) is 24.3 Å². The number of carbonyl (C=O) groups is 1. The zero-order valence-electron chi connectivity index (χ0n) is 14.7. The highest BCUT2D eigenvalue weighted by Crippen LogP contribution is 2.28. The molecule has 136 valence electrons. The number of nitrogens with zero attached hydrogens (tertiary/aromatic N) is 3. The molecule has 26 heavy (non-hydrogen) atoms. The minimum absolute atomic E-state index is 0.0969. The molecule has 0 radical (unpaired) electrons. The molecule has 1 aromatic carbocycles. The number of aryl methyl sites for hydroxylation is 1. The van der Waals surface area contributed by atoms with Gasteiger partial charge in [-0.05, 0) is 30.0 Å². The van der Waals surface area contributed by atoms with Crippen molar-refractivity contribution >= 4 is 23.4 Å².